The number of benzene rings is 1. The third kappa shape index (κ3) is 4.12. The number of carbonyl (C=O) groups excluding carboxylic acids is 2. The van der Waals surface area contributed by atoms with E-state index in [0.717, 1.165) is 0 Å². The Morgan fingerprint density at radius 2 is 1.87 bits per heavy atom. The van der Waals surface area contributed by atoms with Gasteiger partial charge in [0.15, 0.2) is 0 Å². The van der Waals surface area contributed by atoms with E-state index in [-0.39, 0.29) is 18.2 Å². The van der Waals surface area contributed by atoms with Crippen molar-refractivity contribution in [2.24, 2.45) is 0 Å². The van der Waals surface area contributed by atoms with Crippen LogP contribution >= 0.6 is 0 Å². The summed E-state index contributed by atoms with van der Waals surface area (Å²) in [5.74, 6) is -0.614. The minimum absolute atomic E-state index is 0.0182. The van der Waals surface area contributed by atoms with E-state index < -0.39 is 5.91 Å². The molecule has 0 heterocycles. The van der Waals surface area contributed by atoms with Crippen LogP contribution < -0.4 is 10.6 Å². The van der Waals surface area contributed by atoms with Crippen molar-refractivity contribution in [3.63, 3.8) is 0 Å². The number of phenols is 1. The van der Waals surface area contributed by atoms with E-state index in [1.165, 1.54) is 19.1 Å². The van der Waals surface area contributed by atoms with E-state index >= 15 is 0 Å². The number of hydrogen-bond donors (Lipinski definition) is 3. The molecule has 2 amide bonds. The number of hydrogen-bond acceptors (Lipinski definition) is 4. The second-order valence-corrected chi connectivity index (χ2v) is 3.00. The van der Waals surface area contributed by atoms with Crippen LogP contribution in [0.5, 0.6) is 5.75 Å². The molecule has 0 unspecified atom stereocenters. The molecule has 15 heavy (non-hydrogen) atoms. The first-order valence-electron chi connectivity index (χ1n) is 4.41. The molecule has 0 fully saturated rings. The number of imide groups is 1. The van der Waals surface area contributed by atoms with E-state index in [0.29, 0.717) is 5.69 Å². The lowest BCUT2D eigenvalue weighted by Crippen LogP contribution is -2.33. The predicted octanol–water partition coefficient (Wildman–Crippen LogP) is 0.467. The normalized spacial score (nSPS) is 9.40. The Balaban J connectivity index is 2.40. The Hall–Kier alpha value is -2.04. The smallest absolute Gasteiger partial charge is 0.245 e. The van der Waals surface area contributed by atoms with E-state index in [4.69, 9.17) is 5.11 Å². The van der Waals surface area contributed by atoms with Gasteiger partial charge in [0, 0.05) is 12.6 Å². The monoisotopic (exact) mass is 208 g/mol. The molecule has 0 radical (unpaired) electrons. The fraction of sp³-hybridized carbons (Fsp3) is 0.200. The van der Waals surface area contributed by atoms with Crippen LogP contribution in [0.4, 0.5) is 5.69 Å². The summed E-state index contributed by atoms with van der Waals surface area (Å²) in [6.45, 7) is 1.29. The van der Waals surface area contributed by atoms with Gasteiger partial charge in [-0.3, -0.25) is 14.9 Å². The van der Waals surface area contributed by atoms with Crippen molar-refractivity contribution in [1.29, 1.82) is 0 Å². The van der Waals surface area contributed by atoms with Crippen molar-refractivity contribution in [2.75, 3.05) is 11.9 Å². The summed E-state index contributed by atoms with van der Waals surface area (Å²) in [6.07, 6.45) is 0. The number of carbonyl (C=O) groups is 2. The first kappa shape index (κ1) is 11.0. The van der Waals surface area contributed by atoms with Gasteiger partial charge >= 0.3 is 0 Å². The molecule has 0 spiro atoms. The van der Waals surface area contributed by atoms with Crippen molar-refractivity contribution in [3.8, 4) is 5.75 Å². The molecule has 80 valence electrons. The zero-order chi connectivity index (χ0) is 11.3. The predicted molar refractivity (Wildman–Crippen MR) is 55.4 cm³/mol. The zero-order valence-electron chi connectivity index (χ0n) is 8.28. The molecule has 1 rings (SSSR count). The molecule has 0 aliphatic rings. The SMILES string of the molecule is CC(=O)NC(=O)CNc1ccc(O)cc1. The molecule has 0 bridgehead atoms. The molecule has 0 atom stereocenters. The van der Waals surface area contributed by atoms with Crippen LogP contribution in [0, 0.1) is 0 Å². The van der Waals surface area contributed by atoms with E-state index in [9.17, 15) is 9.59 Å². The van der Waals surface area contributed by atoms with Gasteiger partial charge < -0.3 is 10.4 Å². The second kappa shape index (κ2) is 4.99. The van der Waals surface area contributed by atoms with Crippen molar-refractivity contribution >= 4 is 17.5 Å². The second-order valence-electron chi connectivity index (χ2n) is 3.00. The average molecular weight is 208 g/mol. The van der Waals surface area contributed by atoms with Crippen LogP contribution in [0.2, 0.25) is 0 Å². The fourth-order valence-corrected chi connectivity index (χ4v) is 1.00. The highest BCUT2D eigenvalue weighted by molar-refractivity contribution is 5.95. The lowest BCUT2D eigenvalue weighted by molar-refractivity contribution is -0.128. The van der Waals surface area contributed by atoms with Crippen LogP contribution in [-0.2, 0) is 9.59 Å². The molecule has 0 saturated carbocycles. The Labute approximate surface area is 87.1 Å². The first-order chi connectivity index (χ1) is 7.08. The maximum absolute atomic E-state index is 11.0. The summed E-state index contributed by atoms with van der Waals surface area (Å²) in [5.41, 5.74) is 0.700. The molecular formula is C10H12N2O3. The maximum Gasteiger partial charge on any atom is 0.245 e. The van der Waals surface area contributed by atoms with Gasteiger partial charge in [0.25, 0.3) is 0 Å². The number of anilines is 1. The molecule has 3 N–H and O–H groups in total. The van der Waals surface area contributed by atoms with Gasteiger partial charge in [-0.2, -0.15) is 0 Å². The molecule has 5 heteroatoms. The van der Waals surface area contributed by atoms with Crippen molar-refractivity contribution in [1.82, 2.24) is 5.32 Å². The fourth-order valence-electron chi connectivity index (χ4n) is 1.00. The average Bonchev–Trinajstić information content (AvgIpc) is 2.16. The lowest BCUT2D eigenvalue weighted by Gasteiger charge is -2.05. The summed E-state index contributed by atoms with van der Waals surface area (Å²) in [6, 6.07) is 6.28. The number of aromatic hydroxyl groups is 1. The molecule has 1 aromatic rings. The van der Waals surface area contributed by atoms with Crippen LogP contribution in [0.1, 0.15) is 6.92 Å². The van der Waals surface area contributed by atoms with Crippen molar-refractivity contribution < 1.29 is 14.7 Å². The molecule has 0 saturated heterocycles. The lowest BCUT2D eigenvalue weighted by atomic mass is 10.3. The van der Waals surface area contributed by atoms with Gasteiger partial charge in [0.1, 0.15) is 5.75 Å². The summed E-state index contributed by atoms with van der Waals surface area (Å²) in [5, 5.41) is 13.9. The van der Waals surface area contributed by atoms with Crippen molar-refractivity contribution in [2.45, 2.75) is 6.92 Å². The molecule has 1 aromatic carbocycles. The third-order valence-corrected chi connectivity index (χ3v) is 1.64. The van der Waals surface area contributed by atoms with Gasteiger partial charge in [0.05, 0.1) is 6.54 Å². The highest BCUT2D eigenvalue weighted by atomic mass is 16.3. The topological polar surface area (TPSA) is 78.4 Å². The van der Waals surface area contributed by atoms with Crippen LogP contribution in [0.3, 0.4) is 0 Å². The summed E-state index contributed by atoms with van der Waals surface area (Å²) in [7, 11) is 0. The Morgan fingerprint density at radius 3 is 2.40 bits per heavy atom. The highest BCUT2D eigenvalue weighted by Gasteiger charge is 2.02. The van der Waals surface area contributed by atoms with Gasteiger partial charge in [0.2, 0.25) is 11.8 Å². The Kier molecular flexibility index (Phi) is 3.68. The van der Waals surface area contributed by atoms with Gasteiger partial charge in [-0.15, -0.1) is 0 Å². The van der Waals surface area contributed by atoms with Crippen LogP contribution in [0.15, 0.2) is 24.3 Å². The third-order valence-electron chi connectivity index (χ3n) is 1.64. The minimum Gasteiger partial charge on any atom is -0.508 e. The molecule has 0 aromatic heterocycles. The quantitative estimate of drug-likeness (QED) is 0.631. The molecular weight excluding hydrogens is 196 g/mol. The van der Waals surface area contributed by atoms with Gasteiger partial charge in [-0.25, -0.2) is 0 Å². The van der Waals surface area contributed by atoms with E-state index in [1.54, 1.807) is 12.1 Å². The number of nitrogens with one attached hydrogen (secondary N) is 2. The van der Waals surface area contributed by atoms with E-state index in [2.05, 4.69) is 10.6 Å². The van der Waals surface area contributed by atoms with Crippen molar-refractivity contribution in [3.05, 3.63) is 24.3 Å². The largest absolute Gasteiger partial charge is 0.508 e. The minimum atomic E-state index is -0.393. The zero-order valence-corrected chi connectivity index (χ0v) is 8.28. The van der Waals surface area contributed by atoms with E-state index in [1.807, 2.05) is 0 Å². The molecule has 5 nitrogen and oxygen atoms in total. The highest BCUT2D eigenvalue weighted by Crippen LogP contribution is 2.12. The Morgan fingerprint density at radius 1 is 1.27 bits per heavy atom. The summed E-state index contributed by atoms with van der Waals surface area (Å²) >= 11 is 0. The first-order valence-corrected chi connectivity index (χ1v) is 4.41. The number of rotatable bonds is 3. The van der Waals surface area contributed by atoms with Gasteiger partial charge in [-0.05, 0) is 24.3 Å². The Bertz CT molecular complexity index is 359. The van der Waals surface area contributed by atoms with Gasteiger partial charge in [-0.1, -0.05) is 0 Å². The van der Waals surface area contributed by atoms with Crippen LogP contribution in [0.25, 0.3) is 0 Å². The number of phenolic OH excluding ortho intramolecular Hbond substituents is 1. The number of amides is 2. The maximum atomic E-state index is 11.0. The molecule has 0 aliphatic carbocycles. The summed E-state index contributed by atoms with van der Waals surface area (Å²) in [4.78, 5) is 21.6. The summed E-state index contributed by atoms with van der Waals surface area (Å²) < 4.78 is 0. The molecule has 0 aliphatic heterocycles. The van der Waals surface area contributed by atoms with Crippen LogP contribution in [-0.4, -0.2) is 23.5 Å². The standard InChI is InChI=1S/C10H12N2O3/c1-7(13)12-10(15)6-11-8-2-4-9(14)5-3-8/h2-5,11,14H,6H2,1H3,(H,12,13,15).